The van der Waals surface area contributed by atoms with Gasteiger partial charge in [0.2, 0.25) is 5.91 Å². The summed E-state index contributed by atoms with van der Waals surface area (Å²) in [4.78, 5) is 18.3. The summed E-state index contributed by atoms with van der Waals surface area (Å²) in [5.74, 6) is 0.590. The number of hydrogen-bond donors (Lipinski definition) is 1. The number of carbonyl (C=O) groups excluding carboxylic acids is 1. The molecule has 1 rings (SSSR count). The predicted octanol–water partition coefficient (Wildman–Crippen LogP) is 2.52. The number of nitrogens with two attached hydrogens (primary N) is 1. The number of aromatic nitrogens is 1. The van der Waals surface area contributed by atoms with Gasteiger partial charge in [0.15, 0.2) is 0 Å². The van der Waals surface area contributed by atoms with Crippen LogP contribution in [0.5, 0.6) is 0 Å². The molecule has 0 radical (unpaired) electrons. The summed E-state index contributed by atoms with van der Waals surface area (Å²) in [6, 6.07) is 3.80. The first-order chi connectivity index (χ1) is 8.40. The maximum Gasteiger partial charge on any atom is 0.228 e. The molecule has 0 bridgehead atoms. The van der Waals surface area contributed by atoms with Gasteiger partial charge in [-0.1, -0.05) is 13.8 Å². The van der Waals surface area contributed by atoms with Crippen molar-refractivity contribution in [3.8, 4) is 0 Å². The third kappa shape index (κ3) is 5.92. The second-order valence-corrected chi connectivity index (χ2v) is 5.29. The number of carbonyl (C=O) groups is 1. The summed E-state index contributed by atoms with van der Waals surface area (Å²) in [5.41, 5.74) is 6.96. The summed E-state index contributed by atoms with van der Waals surface area (Å²) >= 11 is 0. The molecule has 5 heteroatoms. The maximum atomic E-state index is 12.2. The topological polar surface area (TPSA) is 59.2 Å². The van der Waals surface area contributed by atoms with Crippen LogP contribution in [0.3, 0.4) is 0 Å². The molecule has 1 aromatic heterocycles. The molecular formula is C14H24ClN3O. The van der Waals surface area contributed by atoms with Crippen LogP contribution in [0.4, 0.5) is 5.69 Å². The Bertz CT molecular complexity index is 390. The molecule has 0 saturated heterocycles. The third-order valence-electron chi connectivity index (χ3n) is 2.69. The van der Waals surface area contributed by atoms with Gasteiger partial charge in [-0.3, -0.25) is 9.78 Å². The molecule has 0 aliphatic heterocycles. The third-order valence-corrected chi connectivity index (χ3v) is 2.69. The normalized spacial score (nSPS) is 10.4. The van der Waals surface area contributed by atoms with Gasteiger partial charge in [0.1, 0.15) is 0 Å². The van der Waals surface area contributed by atoms with E-state index < -0.39 is 0 Å². The minimum Gasteiger partial charge on any atom is -0.397 e. The number of amides is 1. The van der Waals surface area contributed by atoms with Gasteiger partial charge in [0.05, 0.1) is 18.3 Å². The van der Waals surface area contributed by atoms with Gasteiger partial charge in [-0.15, -0.1) is 12.4 Å². The average Bonchev–Trinajstić information content (AvgIpc) is 2.28. The van der Waals surface area contributed by atoms with Gasteiger partial charge in [0.25, 0.3) is 0 Å². The molecule has 0 saturated carbocycles. The summed E-state index contributed by atoms with van der Waals surface area (Å²) in [6.07, 6.45) is 1.93. The Balaban J connectivity index is 0.00000324. The lowest BCUT2D eigenvalue weighted by atomic mass is 10.1. The smallest absolute Gasteiger partial charge is 0.228 e. The van der Waals surface area contributed by atoms with Crippen molar-refractivity contribution in [3.05, 3.63) is 24.0 Å². The van der Waals surface area contributed by atoms with Gasteiger partial charge < -0.3 is 10.6 Å². The fourth-order valence-corrected chi connectivity index (χ4v) is 1.79. The molecular weight excluding hydrogens is 262 g/mol. The SMILES string of the molecule is CC(C)CN(C(=O)Cc1ccc(N)cn1)C(C)C.Cl. The van der Waals surface area contributed by atoms with Gasteiger partial charge in [-0.25, -0.2) is 0 Å². The first-order valence-electron chi connectivity index (χ1n) is 6.40. The lowest BCUT2D eigenvalue weighted by molar-refractivity contribution is -0.132. The number of hydrogen-bond acceptors (Lipinski definition) is 3. The van der Waals surface area contributed by atoms with E-state index in [4.69, 9.17) is 5.73 Å². The van der Waals surface area contributed by atoms with E-state index in [0.29, 0.717) is 18.0 Å². The van der Waals surface area contributed by atoms with Crippen molar-refractivity contribution in [1.82, 2.24) is 9.88 Å². The van der Waals surface area contributed by atoms with E-state index in [1.807, 2.05) is 18.7 Å². The van der Waals surface area contributed by atoms with Gasteiger partial charge in [0, 0.05) is 18.3 Å². The lowest BCUT2D eigenvalue weighted by Gasteiger charge is -2.28. The highest BCUT2D eigenvalue weighted by atomic mass is 35.5. The van der Waals surface area contributed by atoms with Gasteiger partial charge in [-0.05, 0) is 31.9 Å². The lowest BCUT2D eigenvalue weighted by Crippen LogP contribution is -2.40. The van der Waals surface area contributed by atoms with Crippen molar-refractivity contribution in [2.24, 2.45) is 5.92 Å². The second kappa shape index (κ2) is 8.00. The molecule has 0 fully saturated rings. The Morgan fingerprint density at radius 2 is 1.95 bits per heavy atom. The number of halogens is 1. The zero-order chi connectivity index (χ0) is 13.7. The van der Waals surface area contributed by atoms with Crippen LogP contribution in [0.25, 0.3) is 0 Å². The van der Waals surface area contributed by atoms with E-state index in [9.17, 15) is 4.79 Å². The molecule has 0 spiro atoms. The Hall–Kier alpha value is -1.29. The number of rotatable bonds is 5. The van der Waals surface area contributed by atoms with Crippen LogP contribution in [-0.4, -0.2) is 28.4 Å². The first-order valence-corrected chi connectivity index (χ1v) is 6.40. The van der Waals surface area contributed by atoms with Crippen molar-refractivity contribution in [1.29, 1.82) is 0 Å². The molecule has 0 atom stereocenters. The van der Waals surface area contributed by atoms with E-state index in [1.54, 1.807) is 18.3 Å². The zero-order valence-electron chi connectivity index (χ0n) is 12.1. The van der Waals surface area contributed by atoms with Crippen molar-refractivity contribution >= 4 is 24.0 Å². The number of pyridine rings is 1. The minimum atomic E-state index is 0. The van der Waals surface area contributed by atoms with Crippen LogP contribution in [0.2, 0.25) is 0 Å². The standard InChI is InChI=1S/C14H23N3O.ClH/c1-10(2)9-17(11(3)4)14(18)7-13-6-5-12(15)8-16-13;/h5-6,8,10-11H,7,9,15H2,1-4H3;1H. The molecule has 1 aromatic rings. The number of nitrogens with zero attached hydrogens (tertiary/aromatic N) is 2. The summed E-state index contributed by atoms with van der Waals surface area (Å²) < 4.78 is 0. The quantitative estimate of drug-likeness (QED) is 0.904. The minimum absolute atomic E-state index is 0. The summed E-state index contributed by atoms with van der Waals surface area (Å²) in [5, 5.41) is 0. The highest BCUT2D eigenvalue weighted by molar-refractivity contribution is 5.85. The largest absolute Gasteiger partial charge is 0.397 e. The molecule has 0 unspecified atom stereocenters. The summed E-state index contributed by atoms with van der Waals surface area (Å²) in [6.45, 7) is 9.09. The molecule has 0 aromatic carbocycles. The highest BCUT2D eigenvalue weighted by Gasteiger charge is 2.18. The second-order valence-electron chi connectivity index (χ2n) is 5.29. The highest BCUT2D eigenvalue weighted by Crippen LogP contribution is 2.09. The van der Waals surface area contributed by atoms with E-state index in [0.717, 1.165) is 12.2 Å². The first kappa shape index (κ1) is 17.7. The number of anilines is 1. The van der Waals surface area contributed by atoms with E-state index >= 15 is 0 Å². The molecule has 2 N–H and O–H groups in total. The van der Waals surface area contributed by atoms with Gasteiger partial charge >= 0.3 is 0 Å². The van der Waals surface area contributed by atoms with Crippen LogP contribution >= 0.6 is 12.4 Å². The Labute approximate surface area is 121 Å². The van der Waals surface area contributed by atoms with Crippen LogP contribution in [-0.2, 0) is 11.2 Å². The van der Waals surface area contributed by atoms with E-state index in [2.05, 4.69) is 18.8 Å². The molecule has 4 nitrogen and oxygen atoms in total. The average molecular weight is 286 g/mol. The van der Waals surface area contributed by atoms with Crippen molar-refractivity contribution in [2.45, 2.75) is 40.2 Å². The van der Waals surface area contributed by atoms with Crippen molar-refractivity contribution < 1.29 is 4.79 Å². The zero-order valence-corrected chi connectivity index (χ0v) is 12.9. The maximum absolute atomic E-state index is 12.2. The molecule has 108 valence electrons. The molecule has 0 aliphatic rings. The van der Waals surface area contributed by atoms with Gasteiger partial charge in [-0.2, -0.15) is 0 Å². The van der Waals surface area contributed by atoms with Crippen LogP contribution in [0, 0.1) is 5.92 Å². The van der Waals surface area contributed by atoms with Crippen LogP contribution in [0.1, 0.15) is 33.4 Å². The van der Waals surface area contributed by atoms with E-state index in [-0.39, 0.29) is 24.4 Å². The van der Waals surface area contributed by atoms with Crippen LogP contribution in [0.15, 0.2) is 18.3 Å². The Kier molecular flexibility index (Phi) is 7.45. The fraction of sp³-hybridized carbons (Fsp3) is 0.571. The molecule has 1 amide bonds. The monoisotopic (exact) mass is 285 g/mol. The van der Waals surface area contributed by atoms with E-state index in [1.165, 1.54) is 0 Å². The Morgan fingerprint density at radius 1 is 1.32 bits per heavy atom. The molecule has 19 heavy (non-hydrogen) atoms. The fourth-order valence-electron chi connectivity index (χ4n) is 1.79. The van der Waals surface area contributed by atoms with Crippen LogP contribution < -0.4 is 5.73 Å². The molecule has 0 aliphatic carbocycles. The van der Waals surface area contributed by atoms with Crippen molar-refractivity contribution in [3.63, 3.8) is 0 Å². The van der Waals surface area contributed by atoms with Crippen molar-refractivity contribution in [2.75, 3.05) is 12.3 Å². The molecule has 1 heterocycles. The predicted molar refractivity (Wildman–Crippen MR) is 81.3 cm³/mol. The number of nitrogen functional groups attached to an aromatic ring is 1. The Morgan fingerprint density at radius 3 is 2.37 bits per heavy atom. The summed E-state index contributed by atoms with van der Waals surface area (Å²) in [7, 11) is 0.